The Morgan fingerprint density at radius 1 is 1.50 bits per heavy atom. The summed E-state index contributed by atoms with van der Waals surface area (Å²) in [6.45, 7) is 2.31. The van der Waals surface area contributed by atoms with Gasteiger partial charge in [-0.1, -0.05) is 18.5 Å². The fourth-order valence-corrected chi connectivity index (χ4v) is 2.03. The first-order chi connectivity index (χ1) is 9.60. The van der Waals surface area contributed by atoms with E-state index in [9.17, 15) is 4.79 Å². The lowest BCUT2D eigenvalue weighted by Gasteiger charge is -2.09. The van der Waals surface area contributed by atoms with Gasteiger partial charge in [-0.05, 0) is 24.6 Å². The van der Waals surface area contributed by atoms with Crippen LogP contribution in [0, 0.1) is 0 Å². The Morgan fingerprint density at radius 2 is 2.30 bits per heavy atom. The molecule has 0 saturated carbocycles. The summed E-state index contributed by atoms with van der Waals surface area (Å²) in [6, 6.07) is 5.02. The standard InChI is InChI=1S/C14H17ClN4O/c1-2-3-13-17-6-7-19(13)9-14(20)18-10-4-5-11(15)12(16)8-10/h4-8H,2-3,9,16H2,1H3,(H,18,20). The number of aromatic nitrogens is 2. The number of anilines is 2. The van der Waals surface area contributed by atoms with E-state index in [2.05, 4.69) is 17.2 Å². The Balaban J connectivity index is 2.01. The highest BCUT2D eigenvalue weighted by atomic mass is 35.5. The number of nitrogens with one attached hydrogen (secondary N) is 1. The maximum absolute atomic E-state index is 12.0. The molecule has 2 aromatic rings. The Bertz CT molecular complexity index is 609. The second-order valence-corrected chi connectivity index (χ2v) is 4.91. The van der Waals surface area contributed by atoms with Gasteiger partial charge in [-0.2, -0.15) is 0 Å². The molecule has 0 atom stereocenters. The van der Waals surface area contributed by atoms with Crippen molar-refractivity contribution in [2.45, 2.75) is 26.3 Å². The van der Waals surface area contributed by atoms with Gasteiger partial charge in [-0.3, -0.25) is 4.79 Å². The number of aryl methyl sites for hydroxylation is 1. The van der Waals surface area contributed by atoms with Gasteiger partial charge in [0.25, 0.3) is 0 Å². The summed E-state index contributed by atoms with van der Waals surface area (Å²) in [7, 11) is 0. The van der Waals surface area contributed by atoms with E-state index in [1.54, 1.807) is 30.6 Å². The number of imidazole rings is 1. The van der Waals surface area contributed by atoms with Crippen LogP contribution >= 0.6 is 11.6 Å². The Labute approximate surface area is 122 Å². The average Bonchev–Trinajstić information content (AvgIpc) is 2.82. The number of rotatable bonds is 5. The minimum absolute atomic E-state index is 0.123. The van der Waals surface area contributed by atoms with Crippen molar-refractivity contribution in [2.75, 3.05) is 11.1 Å². The lowest BCUT2D eigenvalue weighted by atomic mass is 10.3. The van der Waals surface area contributed by atoms with Crippen molar-refractivity contribution in [1.82, 2.24) is 9.55 Å². The van der Waals surface area contributed by atoms with Crippen LogP contribution in [-0.4, -0.2) is 15.5 Å². The zero-order chi connectivity index (χ0) is 14.5. The molecule has 1 aromatic carbocycles. The van der Waals surface area contributed by atoms with Crippen LogP contribution in [0.15, 0.2) is 30.6 Å². The molecule has 6 heteroatoms. The molecule has 2 rings (SSSR count). The monoisotopic (exact) mass is 292 g/mol. The molecule has 0 spiro atoms. The summed E-state index contributed by atoms with van der Waals surface area (Å²) in [5, 5.41) is 3.27. The topological polar surface area (TPSA) is 72.9 Å². The predicted octanol–water partition coefficient (Wildman–Crippen LogP) is 2.71. The van der Waals surface area contributed by atoms with Gasteiger partial charge >= 0.3 is 0 Å². The van der Waals surface area contributed by atoms with Crippen molar-refractivity contribution in [3.05, 3.63) is 41.4 Å². The number of hydrogen-bond acceptors (Lipinski definition) is 3. The molecule has 0 radical (unpaired) electrons. The van der Waals surface area contributed by atoms with Crippen molar-refractivity contribution in [1.29, 1.82) is 0 Å². The molecular formula is C14H17ClN4O. The fourth-order valence-electron chi connectivity index (χ4n) is 1.91. The molecule has 0 bridgehead atoms. The van der Waals surface area contributed by atoms with Crippen LogP contribution in [0.5, 0.6) is 0 Å². The van der Waals surface area contributed by atoms with Gasteiger partial charge in [0.05, 0.1) is 10.7 Å². The van der Waals surface area contributed by atoms with Crippen molar-refractivity contribution in [3.63, 3.8) is 0 Å². The molecule has 1 heterocycles. The number of nitrogens with two attached hydrogens (primary N) is 1. The van der Waals surface area contributed by atoms with Crippen molar-refractivity contribution < 1.29 is 4.79 Å². The zero-order valence-corrected chi connectivity index (χ0v) is 12.0. The molecular weight excluding hydrogens is 276 g/mol. The van der Waals surface area contributed by atoms with Crippen LogP contribution in [0.3, 0.4) is 0 Å². The highest BCUT2D eigenvalue weighted by Gasteiger charge is 2.08. The van der Waals surface area contributed by atoms with E-state index in [0.717, 1.165) is 18.7 Å². The molecule has 1 aromatic heterocycles. The Hall–Kier alpha value is -2.01. The van der Waals surface area contributed by atoms with Crippen LogP contribution in [0.25, 0.3) is 0 Å². The number of nitrogen functional groups attached to an aromatic ring is 1. The smallest absolute Gasteiger partial charge is 0.244 e. The molecule has 5 nitrogen and oxygen atoms in total. The van der Waals surface area contributed by atoms with Gasteiger partial charge in [-0.15, -0.1) is 0 Å². The molecule has 0 saturated heterocycles. The number of carbonyl (C=O) groups is 1. The first kappa shape index (κ1) is 14.4. The number of carbonyl (C=O) groups excluding carboxylic acids is 1. The second kappa shape index (κ2) is 6.43. The summed E-state index contributed by atoms with van der Waals surface area (Å²) in [4.78, 5) is 16.2. The Morgan fingerprint density at radius 3 is 3.00 bits per heavy atom. The molecule has 0 aliphatic rings. The largest absolute Gasteiger partial charge is 0.397 e. The number of nitrogens with zero attached hydrogens (tertiary/aromatic N) is 2. The molecule has 0 aliphatic carbocycles. The highest BCUT2D eigenvalue weighted by molar-refractivity contribution is 6.33. The summed E-state index contributed by atoms with van der Waals surface area (Å²) in [6.07, 6.45) is 5.36. The Kier molecular flexibility index (Phi) is 4.63. The maximum Gasteiger partial charge on any atom is 0.244 e. The maximum atomic E-state index is 12.0. The zero-order valence-electron chi connectivity index (χ0n) is 11.3. The van der Waals surface area contributed by atoms with Gasteiger partial charge in [0.2, 0.25) is 5.91 Å². The molecule has 1 amide bonds. The number of halogens is 1. The van der Waals surface area contributed by atoms with Gasteiger partial charge < -0.3 is 15.6 Å². The van der Waals surface area contributed by atoms with E-state index in [4.69, 9.17) is 17.3 Å². The highest BCUT2D eigenvalue weighted by Crippen LogP contribution is 2.22. The summed E-state index contributed by atoms with van der Waals surface area (Å²) >= 11 is 5.84. The molecule has 3 N–H and O–H groups in total. The van der Waals surface area contributed by atoms with Gasteiger partial charge in [0.1, 0.15) is 12.4 Å². The quantitative estimate of drug-likeness (QED) is 0.832. The van der Waals surface area contributed by atoms with E-state index in [-0.39, 0.29) is 12.5 Å². The minimum atomic E-state index is -0.123. The summed E-state index contributed by atoms with van der Waals surface area (Å²) in [5.74, 6) is 0.792. The lowest BCUT2D eigenvalue weighted by Crippen LogP contribution is -2.19. The summed E-state index contributed by atoms with van der Waals surface area (Å²) in [5.41, 5.74) is 6.77. The van der Waals surface area contributed by atoms with Crippen molar-refractivity contribution >= 4 is 28.9 Å². The number of amides is 1. The first-order valence-corrected chi connectivity index (χ1v) is 6.83. The van der Waals surface area contributed by atoms with Crippen LogP contribution < -0.4 is 11.1 Å². The molecule has 20 heavy (non-hydrogen) atoms. The van der Waals surface area contributed by atoms with E-state index in [0.29, 0.717) is 16.4 Å². The van der Waals surface area contributed by atoms with Crippen molar-refractivity contribution in [3.8, 4) is 0 Å². The number of hydrogen-bond donors (Lipinski definition) is 2. The molecule has 0 unspecified atom stereocenters. The van der Waals surface area contributed by atoms with Gasteiger partial charge in [-0.25, -0.2) is 4.98 Å². The van der Waals surface area contributed by atoms with Crippen LogP contribution in [0.2, 0.25) is 5.02 Å². The SMILES string of the molecule is CCCc1nccn1CC(=O)Nc1ccc(Cl)c(N)c1. The molecule has 106 valence electrons. The van der Waals surface area contributed by atoms with Gasteiger partial charge in [0.15, 0.2) is 0 Å². The van der Waals surface area contributed by atoms with E-state index in [1.807, 2.05) is 4.57 Å². The first-order valence-electron chi connectivity index (χ1n) is 6.45. The normalized spacial score (nSPS) is 10.5. The predicted molar refractivity (Wildman–Crippen MR) is 80.7 cm³/mol. The summed E-state index contributed by atoms with van der Waals surface area (Å²) < 4.78 is 1.85. The van der Waals surface area contributed by atoms with E-state index >= 15 is 0 Å². The van der Waals surface area contributed by atoms with E-state index in [1.165, 1.54) is 0 Å². The second-order valence-electron chi connectivity index (χ2n) is 4.51. The molecule has 0 aliphatic heterocycles. The molecule has 0 fully saturated rings. The van der Waals surface area contributed by atoms with Crippen molar-refractivity contribution in [2.24, 2.45) is 0 Å². The lowest BCUT2D eigenvalue weighted by molar-refractivity contribution is -0.116. The van der Waals surface area contributed by atoms with Crippen LogP contribution in [0.1, 0.15) is 19.2 Å². The average molecular weight is 293 g/mol. The van der Waals surface area contributed by atoms with Gasteiger partial charge in [0, 0.05) is 24.5 Å². The minimum Gasteiger partial charge on any atom is -0.397 e. The van der Waals surface area contributed by atoms with Crippen LogP contribution in [0.4, 0.5) is 11.4 Å². The fraction of sp³-hybridized carbons (Fsp3) is 0.286. The van der Waals surface area contributed by atoms with E-state index < -0.39 is 0 Å². The third-order valence-electron chi connectivity index (χ3n) is 2.87. The third-order valence-corrected chi connectivity index (χ3v) is 3.21. The third kappa shape index (κ3) is 3.51. The van der Waals surface area contributed by atoms with Crippen LogP contribution in [-0.2, 0) is 17.8 Å². The number of benzene rings is 1.